The quantitative estimate of drug-likeness (QED) is 0.338. The summed E-state index contributed by atoms with van der Waals surface area (Å²) in [6, 6.07) is 0. The Morgan fingerprint density at radius 1 is 1.14 bits per heavy atom. The largest absolute Gasteiger partial charge is 0.455 e. The van der Waals surface area contributed by atoms with Crippen molar-refractivity contribution in [2.45, 2.75) is 107 Å². The minimum Gasteiger partial charge on any atom is -0.455 e. The average Bonchev–Trinajstić information content (AvgIpc) is 3.49. The highest BCUT2D eigenvalue weighted by Gasteiger charge is 2.82. The molecule has 4 fully saturated rings. The van der Waals surface area contributed by atoms with Crippen LogP contribution in [0.2, 0.25) is 0 Å². The number of carbonyl (C=O) groups is 2. The number of cyclic esters (lactones) is 1. The Hall–Kier alpha value is -1.58. The molecule has 0 aromatic heterocycles. The van der Waals surface area contributed by atoms with Crippen LogP contribution in [-0.2, 0) is 19.1 Å². The highest BCUT2D eigenvalue weighted by atomic mass is 16.6. The van der Waals surface area contributed by atoms with E-state index in [1.165, 1.54) is 6.92 Å². The van der Waals surface area contributed by atoms with Crippen molar-refractivity contribution in [3.63, 3.8) is 0 Å². The van der Waals surface area contributed by atoms with Crippen LogP contribution in [0, 0.1) is 22.7 Å². The van der Waals surface area contributed by atoms with Gasteiger partial charge in [0.15, 0.2) is 5.78 Å². The number of hydrogen-bond donors (Lipinski definition) is 4. The van der Waals surface area contributed by atoms with Gasteiger partial charge in [-0.25, -0.2) is 4.79 Å². The number of epoxide rings is 1. The highest BCUT2D eigenvalue weighted by molar-refractivity contribution is 5.97. The van der Waals surface area contributed by atoms with Crippen LogP contribution in [0.3, 0.4) is 0 Å². The molecular weight excluding hydrogens is 464 g/mol. The molecular formula is C28H38O8. The van der Waals surface area contributed by atoms with Crippen LogP contribution in [0.15, 0.2) is 23.3 Å². The van der Waals surface area contributed by atoms with Crippen LogP contribution in [0.5, 0.6) is 0 Å². The summed E-state index contributed by atoms with van der Waals surface area (Å²) in [7, 11) is 0. The smallest absolute Gasteiger partial charge is 0.334 e. The molecule has 0 amide bonds. The molecule has 10 atom stereocenters. The van der Waals surface area contributed by atoms with Crippen LogP contribution in [-0.4, -0.2) is 73.4 Å². The number of fused-ring (bicyclic) bond motifs is 4. The zero-order chi connectivity index (χ0) is 26.1. The summed E-state index contributed by atoms with van der Waals surface area (Å²) in [5.74, 6) is -0.942. The van der Waals surface area contributed by atoms with Gasteiger partial charge >= 0.3 is 5.97 Å². The standard InChI is InChI=1S/C28H38O8/c1-15-16(14-29)12-20(35-22(15)31)25(4,32)28(34)11-10-26(33)18-13-21-27(36-21)8-5-6-19(30)24(27,3)17(18)7-9-23(26,28)2/h5-6,17-18,20-21,29,32-34H,7-14H2,1-4H3/t17-,18+,20+,21+,23-,24-,25-,26+,27+,28-/m0/s1. The van der Waals surface area contributed by atoms with E-state index in [9.17, 15) is 30.0 Å². The van der Waals surface area contributed by atoms with Gasteiger partial charge in [-0.3, -0.25) is 4.79 Å². The molecule has 0 bridgehead atoms. The van der Waals surface area contributed by atoms with E-state index >= 15 is 0 Å². The summed E-state index contributed by atoms with van der Waals surface area (Å²) >= 11 is 0. The Labute approximate surface area is 211 Å². The zero-order valence-electron chi connectivity index (χ0n) is 21.5. The first-order chi connectivity index (χ1) is 16.7. The molecule has 0 aromatic carbocycles. The van der Waals surface area contributed by atoms with Gasteiger partial charge in [-0.2, -0.15) is 0 Å². The molecule has 3 saturated carbocycles. The number of ketones is 1. The first-order valence-electron chi connectivity index (χ1n) is 13.3. The van der Waals surface area contributed by atoms with E-state index in [1.54, 1.807) is 13.0 Å². The van der Waals surface area contributed by atoms with Crippen molar-refractivity contribution < 1.29 is 39.5 Å². The fourth-order valence-corrected chi connectivity index (χ4v) is 9.44. The second kappa shape index (κ2) is 7.08. The number of carbonyl (C=O) groups excluding carboxylic acids is 2. The van der Waals surface area contributed by atoms with E-state index in [4.69, 9.17) is 9.47 Å². The molecule has 2 aliphatic heterocycles. The fraction of sp³-hybridized carbons (Fsp3) is 0.786. The second-order valence-corrected chi connectivity index (χ2v) is 12.9. The molecule has 0 radical (unpaired) electrons. The summed E-state index contributed by atoms with van der Waals surface area (Å²) in [6.07, 6.45) is 5.22. The van der Waals surface area contributed by atoms with Gasteiger partial charge in [-0.1, -0.05) is 13.0 Å². The first-order valence-corrected chi connectivity index (χ1v) is 13.3. The predicted molar refractivity (Wildman–Crippen MR) is 127 cm³/mol. The topological polar surface area (TPSA) is 137 Å². The zero-order valence-corrected chi connectivity index (χ0v) is 21.5. The minimum absolute atomic E-state index is 0.0474. The van der Waals surface area contributed by atoms with Gasteiger partial charge in [0.25, 0.3) is 0 Å². The van der Waals surface area contributed by atoms with Gasteiger partial charge in [-0.15, -0.1) is 0 Å². The van der Waals surface area contributed by atoms with Gasteiger partial charge < -0.3 is 29.9 Å². The number of ether oxygens (including phenoxy) is 2. The summed E-state index contributed by atoms with van der Waals surface area (Å²) in [5.41, 5.74) is -6.50. The van der Waals surface area contributed by atoms with Crippen molar-refractivity contribution in [1.29, 1.82) is 0 Å². The Balaban J connectivity index is 1.38. The number of aliphatic hydroxyl groups is 4. The lowest BCUT2D eigenvalue weighted by Gasteiger charge is -2.63. The number of allylic oxidation sites excluding steroid dienone is 1. The third kappa shape index (κ3) is 2.49. The molecule has 0 unspecified atom stereocenters. The maximum atomic E-state index is 13.3. The SMILES string of the molecule is CC1=C(CO)C[C@H]([C@](C)(O)[C@]2(O)CC[C@@]3(O)[C@@H]4C[C@H]5O[C@]56CC=CC(=O)[C@]6(C)[C@H]4CC[C@]23C)OC1=O. The van der Waals surface area contributed by atoms with E-state index in [1.807, 2.05) is 19.9 Å². The second-order valence-electron chi connectivity index (χ2n) is 12.9. The predicted octanol–water partition coefficient (Wildman–Crippen LogP) is 1.73. The van der Waals surface area contributed by atoms with Crippen molar-refractivity contribution in [3.8, 4) is 0 Å². The molecule has 6 aliphatic rings. The third-order valence-electron chi connectivity index (χ3n) is 12.1. The highest BCUT2D eigenvalue weighted by Crippen LogP contribution is 2.75. The molecule has 0 aromatic rings. The van der Waals surface area contributed by atoms with Crippen molar-refractivity contribution in [2.75, 3.05) is 6.61 Å². The molecule has 1 saturated heterocycles. The molecule has 8 heteroatoms. The van der Waals surface area contributed by atoms with Crippen LogP contribution >= 0.6 is 0 Å². The average molecular weight is 503 g/mol. The summed E-state index contributed by atoms with van der Waals surface area (Å²) in [6.45, 7) is 6.56. The lowest BCUT2D eigenvalue weighted by atomic mass is 9.42. The van der Waals surface area contributed by atoms with Crippen LogP contribution in [0.25, 0.3) is 0 Å². The number of rotatable bonds is 3. The molecule has 198 valence electrons. The van der Waals surface area contributed by atoms with Gasteiger partial charge in [0.1, 0.15) is 22.9 Å². The Bertz CT molecular complexity index is 1110. The van der Waals surface area contributed by atoms with E-state index in [0.29, 0.717) is 36.8 Å². The molecule has 1 spiro atoms. The maximum absolute atomic E-state index is 13.3. The molecule has 2 heterocycles. The normalized spacial score (nSPS) is 53.1. The molecule has 4 N–H and O–H groups in total. The fourth-order valence-electron chi connectivity index (χ4n) is 9.44. The van der Waals surface area contributed by atoms with Crippen molar-refractivity contribution in [2.24, 2.45) is 22.7 Å². The third-order valence-corrected chi connectivity index (χ3v) is 12.1. The van der Waals surface area contributed by atoms with E-state index in [2.05, 4.69) is 0 Å². The molecule has 36 heavy (non-hydrogen) atoms. The Morgan fingerprint density at radius 3 is 2.56 bits per heavy atom. The van der Waals surface area contributed by atoms with Crippen molar-refractivity contribution >= 4 is 11.8 Å². The van der Waals surface area contributed by atoms with E-state index in [-0.39, 0.29) is 49.6 Å². The van der Waals surface area contributed by atoms with Crippen LogP contribution in [0.4, 0.5) is 0 Å². The summed E-state index contributed by atoms with van der Waals surface area (Å²) in [5, 5.41) is 46.5. The Kier molecular flexibility index (Phi) is 4.87. The lowest BCUT2D eigenvalue weighted by molar-refractivity contribution is -0.282. The van der Waals surface area contributed by atoms with Gasteiger partial charge in [-0.05, 0) is 82.8 Å². The first kappa shape index (κ1) is 24.7. The minimum atomic E-state index is -1.88. The van der Waals surface area contributed by atoms with Crippen LogP contribution in [0.1, 0.15) is 72.6 Å². The molecule has 8 nitrogen and oxygen atoms in total. The van der Waals surface area contributed by atoms with E-state index < -0.39 is 45.3 Å². The molecule has 6 rings (SSSR count). The summed E-state index contributed by atoms with van der Waals surface area (Å²) in [4.78, 5) is 25.8. The van der Waals surface area contributed by atoms with Crippen molar-refractivity contribution in [3.05, 3.63) is 23.3 Å². The van der Waals surface area contributed by atoms with Crippen molar-refractivity contribution in [1.82, 2.24) is 0 Å². The van der Waals surface area contributed by atoms with Gasteiger partial charge in [0, 0.05) is 17.4 Å². The number of hydrogen-bond acceptors (Lipinski definition) is 8. The van der Waals surface area contributed by atoms with Gasteiger partial charge in [0.05, 0.1) is 23.7 Å². The Morgan fingerprint density at radius 2 is 1.86 bits per heavy atom. The van der Waals surface area contributed by atoms with E-state index in [0.717, 1.165) is 0 Å². The number of esters is 1. The lowest BCUT2D eigenvalue weighted by Crippen LogP contribution is -2.73. The van der Waals surface area contributed by atoms with Gasteiger partial charge in [0.2, 0.25) is 0 Å². The summed E-state index contributed by atoms with van der Waals surface area (Å²) < 4.78 is 11.8. The molecule has 4 aliphatic carbocycles. The van der Waals surface area contributed by atoms with Crippen LogP contribution < -0.4 is 0 Å². The number of aliphatic hydroxyl groups excluding tert-OH is 1. The monoisotopic (exact) mass is 502 g/mol. The maximum Gasteiger partial charge on any atom is 0.334 e.